The monoisotopic (exact) mass is 272 g/mol. The van der Waals surface area contributed by atoms with Crippen molar-refractivity contribution in [2.24, 2.45) is 5.92 Å². The molecule has 0 amide bonds. The van der Waals surface area contributed by atoms with Crippen molar-refractivity contribution < 1.29 is 5.11 Å². The van der Waals surface area contributed by atoms with E-state index in [0.29, 0.717) is 5.56 Å². The van der Waals surface area contributed by atoms with Crippen molar-refractivity contribution in [2.75, 3.05) is 18.0 Å². The maximum atomic E-state index is 9.96. The fraction of sp³-hybridized carbons (Fsp3) is 0.588. The molecule has 0 aliphatic carbocycles. The molecule has 1 unspecified atom stereocenters. The number of hydrogen-bond acceptors (Lipinski definition) is 3. The van der Waals surface area contributed by atoms with Crippen molar-refractivity contribution in [1.29, 1.82) is 5.26 Å². The second-order valence-corrected chi connectivity index (χ2v) is 5.75. The van der Waals surface area contributed by atoms with E-state index in [9.17, 15) is 5.11 Å². The van der Waals surface area contributed by atoms with Gasteiger partial charge >= 0.3 is 0 Å². The van der Waals surface area contributed by atoms with Crippen LogP contribution in [-0.4, -0.2) is 18.2 Å². The lowest BCUT2D eigenvalue weighted by Gasteiger charge is -2.27. The molecule has 1 heterocycles. The fourth-order valence-corrected chi connectivity index (χ4v) is 3.05. The highest BCUT2D eigenvalue weighted by Crippen LogP contribution is 2.31. The van der Waals surface area contributed by atoms with Crippen LogP contribution < -0.4 is 4.90 Å². The molecule has 108 valence electrons. The van der Waals surface area contributed by atoms with Gasteiger partial charge in [-0.1, -0.05) is 19.4 Å². The molecule has 0 bridgehead atoms. The van der Waals surface area contributed by atoms with Crippen LogP contribution in [0.25, 0.3) is 0 Å². The predicted molar refractivity (Wildman–Crippen MR) is 81.6 cm³/mol. The number of aliphatic hydroxyl groups is 1. The summed E-state index contributed by atoms with van der Waals surface area (Å²) < 4.78 is 0. The van der Waals surface area contributed by atoms with E-state index in [1.807, 2.05) is 12.1 Å². The second kappa shape index (κ2) is 6.76. The van der Waals surface area contributed by atoms with Gasteiger partial charge in [-0.3, -0.25) is 0 Å². The van der Waals surface area contributed by atoms with Gasteiger partial charge in [0.15, 0.2) is 0 Å². The summed E-state index contributed by atoms with van der Waals surface area (Å²) in [5.41, 5.74) is 2.63. The van der Waals surface area contributed by atoms with Gasteiger partial charge in [0.1, 0.15) is 0 Å². The highest BCUT2D eigenvalue weighted by molar-refractivity contribution is 5.58. The third-order valence-electron chi connectivity index (χ3n) is 4.38. The minimum absolute atomic E-state index is 0.497. The van der Waals surface area contributed by atoms with Crippen LogP contribution in [0.4, 0.5) is 5.69 Å². The minimum atomic E-state index is -0.497. The third-order valence-corrected chi connectivity index (χ3v) is 4.38. The van der Waals surface area contributed by atoms with Crippen molar-refractivity contribution in [1.82, 2.24) is 0 Å². The first-order chi connectivity index (χ1) is 9.65. The maximum absolute atomic E-state index is 9.96. The van der Waals surface area contributed by atoms with Gasteiger partial charge in [0.2, 0.25) is 0 Å². The lowest BCUT2D eigenvalue weighted by Crippen LogP contribution is -2.25. The summed E-state index contributed by atoms with van der Waals surface area (Å²) >= 11 is 0. The molecule has 1 aliphatic heterocycles. The Morgan fingerprint density at radius 3 is 2.85 bits per heavy atom. The normalized spacial score (nSPS) is 21.1. The van der Waals surface area contributed by atoms with E-state index in [4.69, 9.17) is 5.26 Å². The van der Waals surface area contributed by atoms with Gasteiger partial charge in [-0.25, -0.2) is 0 Å². The Hall–Kier alpha value is -1.53. The number of aliphatic hydroxyl groups excluding tert-OH is 1. The average molecular weight is 272 g/mol. The van der Waals surface area contributed by atoms with Crippen LogP contribution in [0.2, 0.25) is 0 Å². The van der Waals surface area contributed by atoms with E-state index in [-0.39, 0.29) is 0 Å². The summed E-state index contributed by atoms with van der Waals surface area (Å²) in [7, 11) is 0. The van der Waals surface area contributed by atoms with Crippen molar-refractivity contribution in [3.63, 3.8) is 0 Å². The van der Waals surface area contributed by atoms with E-state index in [2.05, 4.69) is 17.9 Å². The minimum Gasteiger partial charge on any atom is -0.389 e. The molecule has 3 heteroatoms. The van der Waals surface area contributed by atoms with Gasteiger partial charge in [0.05, 0.1) is 17.7 Å². The van der Waals surface area contributed by atoms with Crippen LogP contribution in [0.5, 0.6) is 0 Å². The molecule has 1 aromatic rings. The van der Waals surface area contributed by atoms with Gasteiger partial charge in [0.25, 0.3) is 0 Å². The van der Waals surface area contributed by atoms with Crippen LogP contribution in [0.1, 0.15) is 56.8 Å². The van der Waals surface area contributed by atoms with Crippen molar-refractivity contribution in [2.45, 2.75) is 45.6 Å². The molecule has 20 heavy (non-hydrogen) atoms. The van der Waals surface area contributed by atoms with Crippen LogP contribution in [0, 0.1) is 17.2 Å². The molecule has 3 nitrogen and oxygen atoms in total. The predicted octanol–water partition coefficient (Wildman–Crippen LogP) is 3.63. The highest BCUT2D eigenvalue weighted by Gasteiger charge is 2.19. The number of nitriles is 1. The van der Waals surface area contributed by atoms with Gasteiger partial charge in [0, 0.05) is 24.3 Å². The zero-order chi connectivity index (χ0) is 14.5. The number of nitrogens with zero attached hydrogens (tertiary/aromatic N) is 2. The van der Waals surface area contributed by atoms with Gasteiger partial charge < -0.3 is 10.0 Å². The van der Waals surface area contributed by atoms with Gasteiger partial charge in [-0.15, -0.1) is 0 Å². The smallest absolute Gasteiger partial charge is 0.0992 e. The quantitative estimate of drug-likeness (QED) is 0.914. The van der Waals surface area contributed by atoms with Crippen LogP contribution >= 0.6 is 0 Å². The van der Waals surface area contributed by atoms with Crippen molar-refractivity contribution in [3.8, 4) is 6.07 Å². The summed E-state index contributed by atoms with van der Waals surface area (Å²) in [6, 6.07) is 7.80. The number of benzene rings is 1. The van der Waals surface area contributed by atoms with E-state index >= 15 is 0 Å². The Morgan fingerprint density at radius 2 is 2.20 bits per heavy atom. The summed E-state index contributed by atoms with van der Waals surface area (Å²) in [6.45, 7) is 6.09. The van der Waals surface area contributed by atoms with Gasteiger partial charge in [-0.05, 0) is 44.2 Å². The fourth-order valence-electron chi connectivity index (χ4n) is 3.05. The van der Waals surface area contributed by atoms with Crippen LogP contribution in [-0.2, 0) is 0 Å². The maximum Gasteiger partial charge on any atom is 0.0992 e. The molecule has 0 aromatic heterocycles. The summed E-state index contributed by atoms with van der Waals surface area (Å²) in [6.07, 6.45) is 4.42. The topological polar surface area (TPSA) is 47.3 Å². The van der Waals surface area contributed by atoms with Crippen molar-refractivity contribution >= 4 is 5.69 Å². The van der Waals surface area contributed by atoms with E-state index in [1.54, 1.807) is 13.0 Å². The van der Waals surface area contributed by atoms with E-state index < -0.39 is 6.10 Å². The molecule has 0 spiro atoms. The summed E-state index contributed by atoms with van der Waals surface area (Å²) in [4.78, 5) is 2.35. The zero-order valence-electron chi connectivity index (χ0n) is 12.5. The number of anilines is 1. The Bertz CT molecular complexity index is 490. The molecule has 0 saturated carbocycles. The highest BCUT2D eigenvalue weighted by atomic mass is 16.3. The number of rotatable bonds is 3. The molecule has 1 aromatic carbocycles. The molecule has 1 saturated heterocycles. The molecular weight excluding hydrogens is 248 g/mol. The van der Waals surface area contributed by atoms with Crippen molar-refractivity contribution in [3.05, 3.63) is 29.3 Å². The first kappa shape index (κ1) is 14.9. The van der Waals surface area contributed by atoms with Gasteiger partial charge in [-0.2, -0.15) is 5.26 Å². The SMILES string of the molecule is CCC1CCCN(c2cc(C#N)ccc2[C@H](C)O)CC1. The Balaban J connectivity index is 2.28. The standard InChI is InChI=1S/C17H24N2O/c1-3-14-5-4-9-19(10-8-14)17-11-15(12-18)6-7-16(17)13(2)20/h6-7,11,13-14,20H,3-5,8-10H2,1-2H3/t13-,14?/m0/s1. The Kier molecular flexibility index (Phi) is 5.03. The zero-order valence-corrected chi connectivity index (χ0v) is 12.5. The molecule has 1 fully saturated rings. The summed E-state index contributed by atoms with van der Waals surface area (Å²) in [5, 5.41) is 19.1. The molecule has 1 N–H and O–H groups in total. The molecule has 1 aliphatic rings. The van der Waals surface area contributed by atoms with Crippen LogP contribution in [0.15, 0.2) is 18.2 Å². The molecular formula is C17H24N2O. The average Bonchev–Trinajstić information content (AvgIpc) is 2.71. The third kappa shape index (κ3) is 3.32. The second-order valence-electron chi connectivity index (χ2n) is 5.75. The lowest BCUT2D eigenvalue weighted by atomic mass is 9.98. The lowest BCUT2D eigenvalue weighted by molar-refractivity contribution is 0.199. The largest absolute Gasteiger partial charge is 0.389 e. The Morgan fingerprint density at radius 1 is 1.40 bits per heavy atom. The van der Waals surface area contributed by atoms with Crippen LogP contribution in [0.3, 0.4) is 0 Å². The first-order valence-corrected chi connectivity index (χ1v) is 7.62. The van der Waals surface area contributed by atoms with E-state index in [0.717, 1.165) is 30.3 Å². The number of hydrogen-bond donors (Lipinski definition) is 1. The molecule has 0 radical (unpaired) electrons. The molecule has 2 rings (SSSR count). The summed E-state index contributed by atoms with van der Waals surface area (Å²) in [5.74, 6) is 0.814. The van der Waals surface area contributed by atoms with E-state index in [1.165, 1.54) is 25.7 Å². The first-order valence-electron chi connectivity index (χ1n) is 7.62. The Labute approximate surface area is 121 Å². The molecule has 2 atom stereocenters.